The van der Waals surface area contributed by atoms with Crippen LogP contribution in [0.1, 0.15) is 43.2 Å². The van der Waals surface area contributed by atoms with Crippen molar-refractivity contribution in [2.75, 3.05) is 13.1 Å². The summed E-state index contributed by atoms with van der Waals surface area (Å²) in [6.07, 6.45) is 6.23. The summed E-state index contributed by atoms with van der Waals surface area (Å²) in [4.78, 5) is 40.3. The topological polar surface area (TPSA) is 102 Å². The minimum Gasteiger partial charge on any atom is -0.465 e. The van der Waals surface area contributed by atoms with Crippen molar-refractivity contribution in [3.05, 3.63) is 83.9 Å². The third-order valence-corrected chi connectivity index (χ3v) is 6.24. The Balaban J connectivity index is 1.86. The number of urea groups is 1. The third-order valence-electron chi connectivity index (χ3n) is 6.24. The predicted octanol–water partition coefficient (Wildman–Crippen LogP) is 5.23. The number of rotatable bonds is 12. The van der Waals surface area contributed by atoms with Crippen LogP contribution in [0, 0.1) is 11.3 Å². The molecule has 0 bridgehead atoms. The van der Waals surface area contributed by atoms with E-state index in [1.807, 2.05) is 60.7 Å². The molecule has 0 saturated carbocycles. The number of unbranched alkanes of at least 4 members (excludes halogenated alkanes) is 4. The number of carbonyl (C=O) groups is 3. The number of nitriles is 1. The van der Waals surface area contributed by atoms with Gasteiger partial charge in [-0.1, -0.05) is 79.6 Å². The molecule has 2 aromatic carbocycles. The van der Waals surface area contributed by atoms with E-state index in [1.165, 1.54) is 6.08 Å². The van der Waals surface area contributed by atoms with Crippen molar-refractivity contribution in [2.45, 2.75) is 50.5 Å². The summed E-state index contributed by atoms with van der Waals surface area (Å²) in [7, 11) is 0. The average Bonchev–Trinajstić information content (AvgIpc) is 3.13. The van der Waals surface area contributed by atoms with Crippen molar-refractivity contribution in [3.8, 4) is 6.07 Å². The lowest BCUT2D eigenvalue weighted by molar-refractivity contribution is -0.114. The first-order chi connectivity index (χ1) is 16.9. The van der Waals surface area contributed by atoms with Gasteiger partial charge < -0.3 is 10.0 Å². The van der Waals surface area contributed by atoms with Crippen LogP contribution in [0.2, 0.25) is 0 Å². The maximum atomic E-state index is 13.2. The van der Waals surface area contributed by atoms with Gasteiger partial charge in [0.15, 0.2) is 5.78 Å². The van der Waals surface area contributed by atoms with E-state index in [-0.39, 0.29) is 18.7 Å². The van der Waals surface area contributed by atoms with E-state index >= 15 is 0 Å². The molecule has 1 aliphatic rings. The van der Waals surface area contributed by atoms with Crippen molar-refractivity contribution in [1.82, 2.24) is 9.80 Å². The Morgan fingerprint density at radius 3 is 2.23 bits per heavy atom. The number of carbonyl (C=O) groups excluding carboxylic acids is 2. The number of amides is 3. The van der Waals surface area contributed by atoms with Crippen LogP contribution >= 0.6 is 0 Å². The normalized spacial score (nSPS) is 17.6. The van der Waals surface area contributed by atoms with E-state index in [4.69, 9.17) is 5.26 Å². The lowest BCUT2D eigenvalue weighted by Gasteiger charge is -2.35. The zero-order valence-electron chi connectivity index (χ0n) is 19.8. The molecule has 1 aliphatic heterocycles. The highest BCUT2D eigenvalue weighted by molar-refractivity contribution is 5.94. The molecular formula is C28H31N3O4. The first-order valence-corrected chi connectivity index (χ1v) is 11.9. The summed E-state index contributed by atoms with van der Waals surface area (Å²) < 4.78 is 0. The average molecular weight is 474 g/mol. The molecule has 35 heavy (non-hydrogen) atoms. The Morgan fingerprint density at radius 1 is 0.971 bits per heavy atom. The fourth-order valence-electron chi connectivity index (χ4n) is 4.46. The first kappa shape index (κ1) is 25.7. The lowest BCUT2D eigenvalue weighted by Crippen LogP contribution is -2.48. The van der Waals surface area contributed by atoms with Crippen molar-refractivity contribution in [3.63, 3.8) is 0 Å². The Bertz CT molecular complexity index is 1080. The van der Waals surface area contributed by atoms with Gasteiger partial charge in [-0.05, 0) is 30.0 Å². The zero-order chi connectivity index (χ0) is 25.1. The molecule has 0 radical (unpaired) electrons. The predicted molar refractivity (Wildman–Crippen MR) is 133 cm³/mol. The molecule has 1 N–H and O–H groups in total. The number of hydrogen-bond acceptors (Lipinski definition) is 4. The van der Waals surface area contributed by atoms with Gasteiger partial charge in [-0.3, -0.25) is 4.79 Å². The molecule has 1 fully saturated rings. The molecule has 0 aromatic heterocycles. The van der Waals surface area contributed by atoms with Gasteiger partial charge >= 0.3 is 12.1 Å². The second-order valence-corrected chi connectivity index (χ2v) is 8.85. The van der Waals surface area contributed by atoms with Crippen LogP contribution in [-0.4, -0.2) is 51.4 Å². The Labute approximate surface area is 206 Å². The van der Waals surface area contributed by atoms with E-state index in [2.05, 4.69) is 6.07 Å². The van der Waals surface area contributed by atoms with Gasteiger partial charge in [0.05, 0.1) is 18.2 Å². The summed E-state index contributed by atoms with van der Waals surface area (Å²) in [5.41, 5.74) is 0.880. The number of hydrogen-bond donors (Lipinski definition) is 1. The summed E-state index contributed by atoms with van der Waals surface area (Å²) >= 11 is 0. The van der Waals surface area contributed by atoms with E-state index < -0.39 is 17.7 Å². The van der Waals surface area contributed by atoms with Crippen molar-refractivity contribution in [1.29, 1.82) is 5.26 Å². The van der Waals surface area contributed by atoms with Crippen LogP contribution in [0.25, 0.3) is 0 Å². The summed E-state index contributed by atoms with van der Waals surface area (Å²) in [6, 6.07) is 20.6. The molecule has 2 aromatic rings. The number of nitrogens with zero attached hydrogens (tertiary/aromatic N) is 3. The second-order valence-electron chi connectivity index (χ2n) is 8.85. The largest absolute Gasteiger partial charge is 0.465 e. The first-order valence-electron chi connectivity index (χ1n) is 11.9. The molecule has 0 spiro atoms. The van der Waals surface area contributed by atoms with Crippen LogP contribution in [0.5, 0.6) is 0 Å². The lowest BCUT2D eigenvalue weighted by atomic mass is 9.88. The van der Waals surface area contributed by atoms with Gasteiger partial charge in [-0.15, -0.1) is 0 Å². The summed E-state index contributed by atoms with van der Waals surface area (Å²) in [5, 5.41) is 18.4. The minimum absolute atomic E-state index is 0.0421. The van der Waals surface area contributed by atoms with Crippen molar-refractivity contribution in [2.24, 2.45) is 0 Å². The summed E-state index contributed by atoms with van der Waals surface area (Å²) in [5.74, 6) is -0.110. The molecule has 1 atom stereocenters. The van der Waals surface area contributed by atoms with Gasteiger partial charge in [-0.25, -0.2) is 14.5 Å². The highest BCUT2D eigenvalue weighted by Gasteiger charge is 2.50. The zero-order valence-corrected chi connectivity index (χ0v) is 19.8. The number of ketones is 1. The van der Waals surface area contributed by atoms with Crippen LogP contribution < -0.4 is 0 Å². The molecule has 1 heterocycles. The van der Waals surface area contributed by atoms with Gasteiger partial charge in [0.2, 0.25) is 0 Å². The van der Waals surface area contributed by atoms with Gasteiger partial charge in [0.25, 0.3) is 0 Å². The maximum absolute atomic E-state index is 13.2. The standard InChI is InChI=1S/C28H31N3O4/c29-18-10-2-1-3-11-19-31-26(33)30(27(34)35)22-28(31,21-24-14-8-5-9-15-24)17-16-25(32)20-23-12-6-4-7-13-23/h4-9,12-17H,1-3,10-11,19-22H2,(H,34,35)/t28-/m1/s1. The van der Waals surface area contributed by atoms with E-state index in [9.17, 15) is 19.5 Å². The molecule has 0 unspecified atom stereocenters. The van der Waals surface area contributed by atoms with Crippen LogP contribution in [0.3, 0.4) is 0 Å². The molecule has 182 valence electrons. The number of imide groups is 1. The SMILES string of the molecule is N#CCCCCCCN1C(=O)N(C(=O)O)C[C@@]1(C=CC(=O)Cc1ccccc1)Cc1ccccc1. The van der Waals surface area contributed by atoms with Gasteiger partial charge in [-0.2, -0.15) is 5.26 Å². The fraction of sp³-hybridized carbons (Fsp3) is 0.357. The van der Waals surface area contributed by atoms with Crippen LogP contribution in [0.15, 0.2) is 72.8 Å². The van der Waals surface area contributed by atoms with E-state index in [1.54, 1.807) is 11.0 Å². The molecule has 3 rings (SSSR count). The Kier molecular flexibility index (Phi) is 9.19. The smallest absolute Gasteiger partial charge is 0.415 e. The minimum atomic E-state index is -1.30. The Morgan fingerprint density at radius 2 is 1.60 bits per heavy atom. The van der Waals surface area contributed by atoms with E-state index in [0.29, 0.717) is 25.8 Å². The number of allylic oxidation sites excluding steroid dienone is 1. The number of carboxylic acid groups (broad SMARTS) is 1. The molecule has 1 saturated heterocycles. The molecule has 7 nitrogen and oxygen atoms in total. The fourth-order valence-corrected chi connectivity index (χ4v) is 4.46. The molecule has 3 amide bonds. The number of benzene rings is 2. The van der Waals surface area contributed by atoms with Crippen molar-refractivity contribution >= 4 is 17.9 Å². The summed E-state index contributed by atoms with van der Waals surface area (Å²) in [6.45, 7) is 0.332. The van der Waals surface area contributed by atoms with Crippen LogP contribution in [0.4, 0.5) is 9.59 Å². The molecule has 7 heteroatoms. The molecular weight excluding hydrogens is 442 g/mol. The highest BCUT2D eigenvalue weighted by atomic mass is 16.4. The van der Waals surface area contributed by atoms with Crippen LogP contribution in [-0.2, 0) is 17.6 Å². The quantitative estimate of drug-likeness (QED) is 0.336. The van der Waals surface area contributed by atoms with Gasteiger partial charge in [0.1, 0.15) is 0 Å². The van der Waals surface area contributed by atoms with Crippen molar-refractivity contribution < 1.29 is 19.5 Å². The monoisotopic (exact) mass is 473 g/mol. The highest BCUT2D eigenvalue weighted by Crippen LogP contribution is 2.33. The molecule has 0 aliphatic carbocycles. The Hall–Kier alpha value is -3.92. The maximum Gasteiger partial charge on any atom is 0.415 e. The third kappa shape index (κ3) is 7.03. The van der Waals surface area contributed by atoms with Gasteiger partial charge in [0, 0.05) is 25.8 Å². The van der Waals surface area contributed by atoms with E-state index in [0.717, 1.165) is 35.3 Å². The second kappa shape index (κ2) is 12.5.